The van der Waals surface area contributed by atoms with Crippen LogP contribution in [0.25, 0.3) is 0 Å². The highest BCUT2D eigenvalue weighted by molar-refractivity contribution is 8.00. The van der Waals surface area contributed by atoms with Gasteiger partial charge in [0.15, 0.2) is 0 Å². The summed E-state index contributed by atoms with van der Waals surface area (Å²) in [6.45, 7) is 3.84. The van der Waals surface area contributed by atoms with Crippen molar-refractivity contribution in [3.05, 3.63) is 34.4 Å². The molecule has 1 aromatic carbocycles. The highest BCUT2D eigenvalue weighted by Gasteiger charge is 2.15. The zero-order valence-corrected chi connectivity index (χ0v) is 10.4. The number of thioether (sulfide) groups is 1. The van der Waals surface area contributed by atoms with Crippen LogP contribution in [-0.2, 0) is 9.53 Å². The van der Waals surface area contributed by atoms with Crippen LogP contribution in [0.5, 0.6) is 0 Å². The molecule has 0 amide bonds. The van der Waals surface area contributed by atoms with E-state index in [1.165, 1.54) is 23.9 Å². The van der Waals surface area contributed by atoms with Crippen LogP contribution >= 0.6 is 11.8 Å². The predicted octanol–water partition coefficient (Wildman–Crippen LogP) is 2.64. The van der Waals surface area contributed by atoms with Crippen LogP contribution in [0.2, 0.25) is 0 Å². The van der Waals surface area contributed by atoms with Crippen LogP contribution in [0.3, 0.4) is 0 Å². The Labute approximate surface area is 103 Å². The molecule has 6 heteroatoms. The largest absolute Gasteiger partial charge is 0.465 e. The van der Waals surface area contributed by atoms with Gasteiger partial charge in [-0.2, -0.15) is 0 Å². The van der Waals surface area contributed by atoms with Gasteiger partial charge >= 0.3 is 5.97 Å². The maximum atomic E-state index is 11.4. The number of ether oxygens (including phenoxy) is 1. The Kier molecular flexibility index (Phi) is 4.96. The lowest BCUT2D eigenvalue weighted by Crippen LogP contribution is -2.16. The number of rotatable bonds is 5. The molecule has 1 unspecified atom stereocenters. The Bertz CT molecular complexity index is 404. The van der Waals surface area contributed by atoms with Crippen molar-refractivity contribution in [1.82, 2.24) is 0 Å². The molecule has 0 saturated carbocycles. The molecule has 0 aliphatic heterocycles. The fourth-order valence-electron chi connectivity index (χ4n) is 1.16. The summed E-state index contributed by atoms with van der Waals surface area (Å²) in [6.07, 6.45) is 0. The summed E-state index contributed by atoms with van der Waals surface area (Å²) in [5, 5.41) is 10.1. The Morgan fingerprint density at radius 1 is 1.47 bits per heavy atom. The van der Waals surface area contributed by atoms with E-state index >= 15 is 0 Å². The van der Waals surface area contributed by atoms with E-state index in [0.717, 1.165) is 4.90 Å². The molecule has 92 valence electrons. The van der Waals surface area contributed by atoms with E-state index in [1.54, 1.807) is 26.0 Å². The number of carbonyl (C=O) groups is 1. The van der Waals surface area contributed by atoms with Crippen molar-refractivity contribution in [3.63, 3.8) is 0 Å². The first-order chi connectivity index (χ1) is 8.04. The van der Waals surface area contributed by atoms with Gasteiger partial charge in [0.2, 0.25) is 0 Å². The summed E-state index contributed by atoms with van der Waals surface area (Å²) >= 11 is 1.31. The average Bonchev–Trinajstić information content (AvgIpc) is 2.30. The van der Waals surface area contributed by atoms with Crippen molar-refractivity contribution in [3.8, 4) is 0 Å². The maximum absolute atomic E-state index is 11.4. The predicted molar refractivity (Wildman–Crippen MR) is 65.0 cm³/mol. The molecule has 1 rings (SSSR count). The van der Waals surface area contributed by atoms with E-state index in [0.29, 0.717) is 6.61 Å². The number of nitro benzene ring substituents is 1. The summed E-state index contributed by atoms with van der Waals surface area (Å²) in [5.74, 6) is -0.282. The first-order valence-corrected chi connectivity index (χ1v) is 6.00. The molecule has 0 aromatic heterocycles. The third-order valence-electron chi connectivity index (χ3n) is 1.98. The topological polar surface area (TPSA) is 69.4 Å². The van der Waals surface area contributed by atoms with Crippen LogP contribution in [0.15, 0.2) is 29.2 Å². The maximum Gasteiger partial charge on any atom is 0.319 e. The van der Waals surface area contributed by atoms with Crippen LogP contribution in [-0.4, -0.2) is 22.7 Å². The third kappa shape index (κ3) is 4.07. The Hall–Kier alpha value is -1.56. The second kappa shape index (κ2) is 6.24. The van der Waals surface area contributed by atoms with Crippen LogP contribution < -0.4 is 0 Å². The number of hydrogen-bond acceptors (Lipinski definition) is 5. The molecule has 0 aliphatic rings. The lowest BCUT2D eigenvalue weighted by molar-refractivity contribution is -0.384. The second-order valence-corrected chi connectivity index (χ2v) is 4.68. The Morgan fingerprint density at radius 3 is 2.53 bits per heavy atom. The summed E-state index contributed by atoms with van der Waals surface area (Å²) in [5.41, 5.74) is 0.0399. The molecule has 17 heavy (non-hydrogen) atoms. The van der Waals surface area contributed by atoms with Gasteiger partial charge in [-0.25, -0.2) is 0 Å². The van der Waals surface area contributed by atoms with E-state index in [9.17, 15) is 14.9 Å². The number of nitrogens with zero attached hydrogens (tertiary/aromatic N) is 1. The molecule has 1 atom stereocenters. The number of non-ortho nitro benzene ring substituents is 1. The second-order valence-electron chi connectivity index (χ2n) is 3.26. The standard InChI is InChI=1S/C11H13NO4S/c1-3-16-11(13)8(2)17-10-6-4-9(5-7-10)12(14)15/h4-8H,3H2,1-2H3. The van der Waals surface area contributed by atoms with Crippen molar-refractivity contribution in [2.45, 2.75) is 24.0 Å². The average molecular weight is 255 g/mol. The molecule has 0 bridgehead atoms. The Balaban J connectivity index is 2.63. The van der Waals surface area contributed by atoms with Gasteiger partial charge in [0.05, 0.1) is 11.5 Å². The Morgan fingerprint density at radius 2 is 2.06 bits per heavy atom. The van der Waals surface area contributed by atoms with Crippen molar-refractivity contribution >= 4 is 23.4 Å². The minimum absolute atomic E-state index is 0.0399. The van der Waals surface area contributed by atoms with Crippen molar-refractivity contribution in [2.75, 3.05) is 6.61 Å². The van der Waals surface area contributed by atoms with Gasteiger partial charge in [0, 0.05) is 17.0 Å². The van der Waals surface area contributed by atoms with E-state index < -0.39 is 4.92 Å². The van der Waals surface area contributed by atoms with Crippen molar-refractivity contribution in [2.24, 2.45) is 0 Å². The minimum atomic E-state index is -0.455. The number of carbonyl (C=O) groups excluding carboxylic acids is 1. The van der Waals surface area contributed by atoms with Gasteiger partial charge < -0.3 is 4.74 Å². The first-order valence-electron chi connectivity index (χ1n) is 5.12. The normalized spacial score (nSPS) is 11.9. The van der Waals surface area contributed by atoms with E-state index in [1.807, 2.05) is 0 Å². The summed E-state index contributed by atoms with van der Waals surface area (Å²) < 4.78 is 4.87. The van der Waals surface area contributed by atoms with Gasteiger partial charge in [-0.05, 0) is 26.0 Å². The van der Waals surface area contributed by atoms with Gasteiger partial charge in [-0.3, -0.25) is 14.9 Å². The lowest BCUT2D eigenvalue weighted by Gasteiger charge is -2.09. The number of hydrogen-bond donors (Lipinski definition) is 0. The molecule has 1 aromatic rings. The van der Waals surface area contributed by atoms with Gasteiger partial charge in [-0.15, -0.1) is 11.8 Å². The summed E-state index contributed by atoms with van der Waals surface area (Å²) in [4.78, 5) is 22.2. The zero-order chi connectivity index (χ0) is 12.8. The van der Waals surface area contributed by atoms with E-state index in [-0.39, 0.29) is 16.9 Å². The number of benzene rings is 1. The highest BCUT2D eigenvalue weighted by Crippen LogP contribution is 2.25. The molecular weight excluding hydrogens is 242 g/mol. The molecule has 0 aliphatic carbocycles. The molecule has 5 nitrogen and oxygen atoms in total. The van der Waals surface area contributed by atoms with Crippen LogP contribution in [0.1, 0.15) is 13.8 Å². The van der Waals surface area contributed by atoms with Gasteiger partial charge in [0.25, 0.3) is 5.69 Å². The molecule has 0 heterocycles. The molecule has 0 saturated heterocycles. The summed E-state index contributed by atoms with van der Waals surface area (Å²) in [6, 6.07) is 6.08. The fraction of sp³-hybridized carbons (Fsp3) is 0.364. The molecule has 0 fully saturated rings. The zero-order valence-electron chi connectivity index (χ0n) is 9.58. The monoisotopic (exact) mass is 255 g/mol. The minimum Gasteiger partial charge on any atom is -0.465 e. The summed E-state index contributed by atoms with van der Waals surface area (Å²) in [7, 11) is 0. The molecular formula is C11H13NO4S. The quantitative estimate of drug-likeness (QED) is 0.350. The van der Waals surface area contributed by atoms with E-state index in [2.05, 4.69) is 0 Å². The molecule has 0 radical (unpaired) electrons. The van der Waals surface area contributed by atoms with E-state index in [4.69, 9.17) is 4.74 Å². The number of esters is 1. The third-order valence-corrected chi connectivity index (χ3v) is 3.07. The first kappa shape index (κ1) is 13.5. The van der Waals surface area contributed by atoms with Crippen LogP contribution in [0, 0.1) is 10.1 Å². The number of nitro groups is 1. The lowest BCUT2D eigenvalue weighted by atomic mass is 10.3. The molecule has 0 N–H and O–H groups in total. The van der Waals surface area contributed by atoms with Crippen molar-refractivity contribution in [1.29, 1.82) is 0 Å². The van der Waals surface area contributed by atoms with Gasteiger partial charge in [-0.1, -0.05) is 0 Å². The SMILES string of the molecule is CCOC(=O)C(C)Sc1ccc([N+](=O)[O-])cc1. The van der Waals surface area contributed by atoms with Crippen molar-refractivity contribution < 1.29 is 14.5 Å². The fourth-order valence-corrected chi connectivity index (χ4v) is 2.02. The highest BCUT2D eigenvalue weighted by atomic mass is 32.2. The van der Waals surface area contributed by atoms with Crippen LogP contribution in [0.4, 0.5) is 5.69 Å². The smallest absolute Gasteiger partial charge is 0.319 e. The van der Waals surface area contributed by atoms with Gasteiger partial charge in [0.1, 0.15) is 5.25 Å². The molecule has 0 spiro atoms.